The predicted octanol–water partition coefficient (Wildman–Crippen LogP) is 2.25. The summed E-state index contributed by atoms with van der Waals surface area (Å²) < 4.78 is 5.03. The van der Waals surface area contributed by atoms with Crippen LogP contribution in [0.15, 0.2) is 18.2 Å². The van der Waals surface area contributed by atoms with Gasteiger partial charge in [0.15, 0.2) is 0 Å². The Morgan fingerprint density at radius 2 is 2.35 bits per heavy atom. The summed E-state index contributed by atoms with van der Waals surface area (Å²) in [7, 11) is 0. The van der Waals surface area contributed by atoms with Crippen LogP contribution in [0.3, 0.4) is 0 Å². The molecule has 1 aliphatic rings. The van der Waals surface area contributed by atoms with Gasteiger partial charge in [-0.05, 0) is 56.0 Å². The summed E-state index contributed by atoms with van der Waals surface area (Å²) in [5.74, 6) is 0.309. The third kappa shape index (κ3) is 2.67. The molecule has 3 heteroatoms. The third-order valence-corrected chi connectivity index (χ3v) is 3.29. The Labute approximate surface area is 102 Å². The number of hydrogen-bond acceptors (Lipinski definition) is 3. The van der Waals surface area contributed by atoms with Gasteiger partial charge in [-0.2, -0.15) is 0 Å². The van der Waals surface area contributed by atoms with Crippen molar-refractivity contribution >= 4 is 5.97 Å². The zero-order valence-electron chi connectivity index (χ0n) is 10.5. The molecule has 3 nitrogen and oxygen atoms in total. The topological polar surface area (TPSA) is 38.3 Å². The van der Waals surface area contributed by atoms with E-state index in [1.165, 1.54) is 11.1 Å². The molecule has 1 heterocycles. The Balaban J connectivity index is 2.25. The van der Waals surface area contributed by atoms with Crippen molar-refractivity contribution in [2.24, 2.45) is 0 Å². The van der Waals surface area contributed by atoms with Crippen LogP contribution in [-0.2, 0) is 4.74 Å². The van der Waals surface area contributed by atoms with Crippen molar-refractivity contribution in [1.82, 2.24) is 5.32 Å². The number of rotatable bonds is 3. The molecule has 92 valence electrons. The monoisotopic (exact) mass is 233 g/mol. The third-order valence-electron chi connectivity index (χ3n) is 3.29. The van der Waals surface area contributed by atoms with Crippen LogP contribution in [0, 0.1) is 6.92 Å². The number of aryl methyl sites for hydroxylation is 1. The minimum absolute atomic E-state index is 0.222. The largest absolute Gasteiger partial charge is 0.462 e. The summed E-state index contributed by atoms with van der Waals surface area (Å²) in [6.07, 6.45) is 1.15. The molecular formula is C14H19NO2. The van der Waals surface area contributed by atoms with Gasteiger partial charge in [0.2, 0.25) is 0 Å². The van der Waals surface area contributed by atoms with E-state index in [1.54, 1.807) is 0 Å². The second-order valence-electron chi connectivity index (χ2n) is 4.48. The molecule has 0 amide bonds. The zero-order chi connectivity index (χ0) is 12.3. The first-order valence-electron chi connectivity index (χ1n) is 6.20. The summed E-state index contributed by atoms with van der Waals surface area (Å²) >= 11 is 0. The Hall–Kier alpha value is -1.35. The first-order chi connectivity index (χ1) is 8.22. The van der Waals surface area contributed by atoms with Crippen LogP contribution in [0.2, 0.25) is 0 Å². The number of ether oxygens (including phenoxy) is 1. The van der Waals surface area contributed by atoms with Crippen LogP contribution in [-0.4, -0.2) is 25.7 Å². The molecule has 1 saturated heterocycles. The van der Waals surface area contributed by atoms with Gasteiger partial charge in [-0.1, -0.05) is 6.07 Å². The molecular weight excluding hydrogens is 214 g/mol. The highest BCUT2D eigenvalue weighted by Crippen LogP contribution is 2.26. The standard InChI is InChI=1S/C14H19NO2/c1-3-17-14(16)11-5-4-10(2)13(8-11)12-6-7-15-9-12/h4-5,8,12,15H,3,6-7,9H2,1-2H3. The molecule has 2 rings (SSSR count). The van der Waals surface area contributed by atoms with E-state index in [2.05, 4.69) is 12.2 Å². The molecule has 1 atom stereocenters. The van der Waals surface area contributed by atoms with Crippen LogP contribution in [0.5, 0.6) is 0 Å². The molecule has 0 aromatic heterocycles. The summed E-state index contributed by atoms with van der Waals surface area (Å²) in [6.45, 7) is 6.42. The average Bonchev–Trinajstić information content (AvgIpc) is 2.83. The van der Waals surface area contributed by atoms with Gasteiger partial charge in [0.25, 0.3) is 0 Å². The summed E-state index contributed by atoms with van der Waals surface area (Å²) in [5.41, 5.74) is 3.20. The van der Waals surface area contributed by atoms with Crippen molar-refractivity contribution in [1.29, 1.82) is 0 Å². The van der Waals surface area contributed by atoms with Gasteiger partial charge >= 0.3 is 5.97 Å². The molecule has 0 aliphatic carbocycles. The van der Waals surface area contributed by atoms with Crippen molar-refractivity contribution in [3.63, 3.8) is 0 Å². The lowest BCUT2D eigenvalue weighted by molar-refractivity contribution is 0.0526. The van der Waals surface area contributed by atoms with Crippen LogP contribution < -0.4 is 5.32 Å². The smallest absolute Gasteiger partial charge is 0.338 e. The first-order valence-corrected chi connectivity index (χ1v) is 6.20. The molecule has 1 fully saturated rings. The SMILES string of the molecule is CCOC(=O)c1ccc(C)c(C2CCNC2)c1. The van der Waals surface area contributed by atoms with Crippen LogP contribution in [0.25, 0.3) is 0 Å². The van der Waals surface area contributed by atoms with Gasteiger partial charge < -0.3 is 10.1 Å². The first kappa shape index (κ1) is 12.1. The van der Waals surface area contributed by atoms with Gasteiger partial charge in [-0.25, -0.2) is 4.79 Å². The lowest BCUT2D eigenvalue weighted by Crippen LogP contribution is -2.10. The predicted molar refractivity (Wildman–Crippen MR) is 67.4 cm³/mol. The van der Waals surface area contributed by atoms with Gasteiger partial charge in [0, 0.05) is 6.54 Å². The summed E-state index contributed by atoms with van der Waals surface area (Å²) in [4.78, 5) is 11.7. The fourth-order valence-corrected chi connectivity index (χ4v) is 2.34. The number of carbonyl (C=O) groups is 1. The van der Waals surface area contributed by atoms with Crippen molar-refractivity contribution in [2.45, 2.75) is 26.2 Å². The molecule has 0 bridgehead atoms. The molecule has 0 saturated carbocycles. The van der Waals surface area contributed by atoms with Crippen LogP contribution >= 0.6 is 0 Å². The highest BCUT2D eigenvalue weighted by molar-refractivity contribution is 5.89. The van der Waals surface area contributed by atoms with Crippen LogP contribution in [0.1, 0.15) is 40.7 Å². The second kappa shape index (κ2) is 5.32. The second-order valence-corrected chi connectivity index (χ2v) is 4.48. The molecule has 1 unspecified atom stereocenters. The maximum Gasteiger partial charge on any atom is 0.338 e. The fourth-order valence-electron chi connectivity index (χ4n) is 2.34. The quantitative estimate of drug-likeness (QED) is 0.814. The van der Waals surface area contributed by atoms with Crippen molar-refractivity contribution in [3.8, 4) is 0 Å². The number of carbonyl (C=O) groups excluding carboxylic acids is 1. The molecule has 1 aromatic carbocycles. The lowest BCUT2D eigenvalue weighted by Gasteiger charge is -2.13. The van der Waals surface area contributed by atoms with Gasteiger partial charge in [0.1, 0.15) is 0 Å². The molecule has 17 heavy (non-hydrogen) atoms. The van der Waals surface area contributed by atoms with E-state index in [4.69, 9.17) is 4.74 Å². The van der Waals surface area contributed by atoms with E-state index in [-0.39, 0.29) is 5.97 Å². The summed E-state index contributed by atoms with van der Waals surface area (Å²) in [6, 6.07) is 5.85. The van der Waals surface area contributed by atoms with Crippen molar-refractivity contribution in [2.75, 3.05) is 19.7 Å². The number of esters is 1. The number of benzene rings is 1. The molecule has 0 spiro atoms. The minimum Gasteiger partial charge on any atom is -0.462 e. The highest BCUT2D eigenvalue weighted by atomic mass is 16.5. The molecule has 1 N–H and O–H groups in total. The van der Waals surface area contributed by atoms with E-state index in [0.717, 1.165) is 19.5 Å². The fraction of sp³-hybridized carbons (Fsp3) is 0.500. The lowest BCUT2D eigenvalue weighted by atomic mass is 9.92. The van der Waals surface area contributed by atoms with Crippen molar-refractivity contribution < 1.29 is 9.53 Å². The summed E-state index contributed by atoms with van der Waals surface area (Å²) in [5, 5.41) is 3.36. The Morgan fingerprint density at radius 1 is 1.53 bits per heavy atom. The normalized spacial score (nSPS) is 19.3. The Kier molecular flexibility index (Phi) is 3.79. The maximum atomic E-state index is 11.7. The number of nitrogens with one attached hydrogen (secondary N) is 1. The van der Waals surface area contributed by atoms with Crippen molar-refractivity contribution in [3.05, 3.63) is 34.9 Å². The van der Waals surface area contributed by atoms with Gasteiger partial charge in [0.05, 0.1) is 12.2 Å². The van der Waals surface area contributed by atoms with E-state index < -0.39 is 0 Å². The average molecular weight is 233 g/mol. The Bertz CT molecular complexity index is 409. The van der Waals surface area contributed by atoms with Gasteiger partial charge in [-0.3, -0.25) is 0 Å². The minimum atomic E-state index is -0.222. The Morgan fingerprint density at radius 3 is 3.00 bits per heavy atom. The van der Waals surface area contributed by atoms with E-state index in [9.17, 15) is 4.79 Å². The number of hydrogen-bond donors (Lipinski definition) is 1. The maximum absolute atomic E-state index is 11.7. The van der Waals surface area contributed by atoms with E-state index >= 15 is 0 Å². The van der Waals surface area contributed by atoms with E-state index in [1.807, 2.05) is 25.1 Å². The molecule has 0 radical (unpaired) electrons. The molecule has 1 aromatic rings. The highest BCUT2D eigenvalue weighted by Gasteiger charge is 2.19. The van der Waals surface area contributed by atoms with E-state index in [0.29, 0.717) is 18.1 Å². The van der Waals surface area contributed by atoms with Crippen LogP contribution in [0.4, 0.5) is 0 Å². The zero-order valence-corrected chi connectivity index (χ0v) is 10.5. The van der Waals surface area contributed by atoms with Gasteiger partial charge in [-0.15, -0.1) is 0 Å². The molecule has 1 aliphatic heterocycles.